The number of thiophene rings is 1. The van der Waals surface area contributed by atoms with Crippen LogP contribution in [0.2, 0.25) is 0 Å². The number of fused-ring (bicyclic) bond motifs is 1. The van der Waals surface area contributed by atoms with E-state index in [1.807, 2.05) is 0 Å². The molecule has 0 atom stereocenters. The maximum atomic E-state index is 2.14. The molecule has 0 aliphatic heterocycles. The van der Waals surface area contributed by atoms with Crippen molar-refractivity contribution in [3.05, 3.63) is 35.7 Å². The van der Waals surface area contributed by atoms with E-state index in [4.69, 9.17) is 0 Å². The predicted molar refractivity (Wildman–Crippen MR) is 47.6 cm³/mol. The minimum Gasteiger partial charge on any atom is -0.144 e. The molecule has 0 saturated carbocycles. The Morgan fingerprint density at radius 2 is 1.80 bits per heavy atom. The zero-order valence-electron chi connectivity index (χ0n) is 5.28. The second-order valence-electron chi connectivity index (χ2n) is 1.96. The molecule has 0 bridgehead atoms. The molecule has 1 heterocycles. The van der Waals surface area contributed by atoms with Crippen molar-refractivity contribution in [1.82, 2.24) is 0 Å². The van der Waals surface area contributed by atoms with E-state index >= 15 is 0 Å². The summed E-state index contributed by atoms with van der Waals surface area (Å²) in [5.74, 6) is 0. The van der Waals surface area contributed by atoms with Gasteiger partial charge in [-0.05, 0) is 22.9 Å². The van der Waals surface area contributed by atoms with E-state index in [0.29, 0.717) is 0 Å². The Hall–Kier alpha value is -0.301. The Balaban J connectivity index is 0.000000500. The topological polar surface area (TPSA) is 0 Å². The van der Waals surface area contributed by atoms with Crippen LogP contribution in [-0.2, 0) is 0 Å². The molecule has 0 nitrogen and oxygen atoms in total. The van der Waals surface area contributed by atoms with Gasteiger partial charge in [-0.15, -0.1) is 11.3 Å². The minimum atomic E-state index is 0. The van der Waals surface area contributed by atoms with Gasteiger partial charge in [-0.2, -0.15) is 0 Å². The maximum Gasteiger partial charge on any atom is 0.0342 e. The molecule has 0 N–H and O–H groups in total. The molecule has 10 heavy (non-hydrogen) atoms. The molecule has 0 unspecified atom stereocenters. The third kappa shape index (κ3) is 1.24. The summed E-state index contributed by atoms with van der Waals surface area (Å²) in [5.41, 5.74) is 0. The second-order valence-corrected chi connectivity index (χ2v) is 2.91. The van der Waals surface area contributed by atoms with E-state index in [-0.39, 0.29) is 17.1 Å². The molecule has 2 radical (unpaired) electrons. The fourth-order valence-corrected chi connectivity index (χ4v) is 1.70. The van der Waals surface area contributed by atoms with Gasteiger partial charge >= 0.3 is 0 Å². The van der Waals surface area contributed by atoms with Crippen LogP contribution in [0.5, 0.6) is 0 Å². The number of benzene rings is 1. The standard InChI is InChI=1S/C8H6S.Se/c1-2-4-8-7(3-1)5-6-9-8;/h1-6H;. The Kier molecular flexibility index (Phi) is 2.50. The van der Waals surface area contributed by atoms with E-state index in [0.717, 1.165) is 0 Å². The number of hydrogen-bond acceptors (Lipinski definition) is 1. The smallest absolute Gasteiger partial charge is 0.0342 e. The summed E-state index contributed by atoms with van der Waals surface area (Å²) in [6, 6.07) is 10.5. The fraction of sp³-hybridized carbons (Fsp3) is 0. The van der Waals surface area contributed by atoms with Gasteiger partial charge in [0, 0.05) is 21.8 Å². The SMILES string of the molecule is [Se].c1ccc2sccc2c1. The van der Waals surface area contributed by atoms with Crippen molar-refractivity contribution in [3.8, 4) is 0 Å². The van der Waals surface area contributed by atoms with Gasteiger partial charge in [0.2, 0.25) is 0 Å². The summed E-state index contributed by atoms with van der Waals surface area (Å²) in [5, 5.41) is 3.47. The van der Waals surface area contributed by atoms with Gasteiger partial charge in [-0.25, -0.2) is 0 Å². The van der Waals surface area contributed by atoms with Crippen molar-refractivity contribution >= 4 is 38.5 Å². The van der Waals surface area contributed by atoms with Gasteiger partial charge < -0.3 is 0 Å². The Morgan fingerprint density at radius 3 is 2.60 bits per heavy atom. The first-order chi connectivity index (χ1) is 4.47. The maximum absolute atomic E-state index is 2.14. The van der Waals surface area contributed by atoms with Crippen LogP contribution in [0.25, 0.3) is 10.1 Å². The summed E-state index contributed by atoms with van der Waals surface area (Å²) < 4.78 is 1.37. The van der Waals surface area contributed by atoms with Crippen molar-refractivity contribution in [2.75, 3.05) is 0 Å². The van der Waals surface area contributed by atoms with Crippen LogP contribution in [0, 0.1) is 0 Å². The molecule has 50 valence electrons. The van der Waals surface area contributed by atoms with Crippen LogP contribution < -0.4 is 0 Å². The van der Waals surface area contributed by atoms with E-state index in [1.54, 1.807) is 11.3 Å². The molecule has 0 fully saturated rings. The first-order valence-electron chi connectivity index (χ1n) is 2.89. The molecule has 0 amide bonds. The van der Waals surface area contributed by atoms with Crippen LogP contribution in [-0.4, -0.2) is 17.1 Å². The zero-order chi connectivity index (χ0) is 6.10. The summed E-state index contributed by atoms with van der Waals surface area (Å²) in [6.45, 7) is 0. The van der Waals surface area contributed by atoms with Crippen LogP contribution >= 0.6 is 11.3 Å². The molecule has 1 aromatic carbocycles. The Labute approximate surface area is 74.3 Å². The van der Waals surface area contributed by atoms with Crippen molar-refractivity contribution in [2.24, 2.45) is 0 Å². The van der Waals surface area contributed by atoms with Crippen molar-refractivity contribution < 1.29 is 0 Å². The van der Waals surface area contributed by atoms with Crippen LogP contribution in [0.15, 0.2) is 35.7 Å². The van der Waals surface area contributed by atoms with Gasteiger partial charge in [0.1, 0.15) is 0 Å². The zero-order valence-corrected chi connectivity index (χ0v) is 7.81. The average molecular weight is 213 g/mol. The van der Waals surface area contributed by atoms with Crippen molar-refractivity contribution in [1.29, 1.82) is 0 Å². The summed E-state index contributed by atoms with van der Waals surface area (Å²) in [4.78, 5) is 0. The van der Waals surface area contributed by atoms with E-state index in [1.165, 1.54) is 10.1 Å². The first-order valence-corrected chi connectivity index (χ1v) is 3.77. The molecule has 0 spiro atoms. The van der Waals surface area contributed by atoms with Crippen molar-refractivity contribution in [2.45, 2.75) is 0 Å². The monoisotopic (exact) mass is 214 g/mol. The Bertz CT molecular complexity index is 283. The average Bonchev–Trinajstić information content (AvgIpc) is 2.33. The van der Waals surface area contributed by atoms with Crippen molar-refractivity contribution in [3.63, 3.8) is 0 Å². The van der Waals surface area contributed by atoms with Crippen LogP contribution in [0.1, 0.15) is 0 Å². The van der Waals surface area contributed by atoms with E-state index in [2.05, 4.69) is 35.7 Å². The molecule has 1 aromatic heterocycles. The molecule has 0 aliphatic carbocycles. The fourth-order valence-electron chi connectivity index (χ4n) is 0.906. The molecule has 0 saturated heterocycles. The van der Waals surface area contributed by atoms with Crippen LogP contribution in [0.4, 0.5) is 0 Å². The van der Waals surface area contributed by atoms with Gasteiger partial charge in [0.15, 0.2) is 0 Å². The normalized spacial score (nSPS) is 9.20. The largest absolute Gasteiger partial charge is 0.144 e. The summed E-state index contributed by atoms with van der Waals surface area (Å²) in [7, 11) is 0. The van der Waals surface area contributed by atoms with Crippen LogP contribution in [0.3, 0.4) is 0 Å². The van der Waals surface area contributed by atoms with Gasteiger partial charge in [-0.1, -0.05) is 18.2 Å². The van der Waals surface area contributed by atoms with E-state index < -0.39 is 0 Å². The third-order valence-corrected chi connectivity index (χ3v) is 2.26. The summed E-state index contributed by atoms with van der Waals surface area (Å²) >= 11 is 1.79. The first kappa shape index (κ1) is 7.80. The molecular formula is C8H6SSe. The third-order valence-electron chi connectivity index (χ3n) is 1.36. The molecule has 2 aromatic rings. The minimum absolute atomic E-state index is 0. The number of rotatable bonds is 0. The Morgan fingerprint density at radius 1 is 1.00 bits per heavy atom. The van der Waals surface area contributed by atoms with Gasteiger partial charge in [0.05, 0.1) is 0 Å². The quantitative estimate of drug-likeness (QED) is 0.590. The van der Waals surface area contributed by atoms with Gasteiger partial charge in [-0.3, -0.25) is 0 Å². The van der Waals surface area contributed by atoms with Gasteiger partial charge in [0.25, 0.3) is 0 Å². The second kappa shape index (κ2) is 3.20. The number of hydrogen-bond donors (Lipinski definition) is 0. The van der Waals surface area contributed by atoms with E-state index in [9.17, 15) is 0 Å². The summed E-state index contributed by atoms with van der Waals surface area (Å²) in [6.07, 6.45) is 0. The molecule has 2 rings (SSSR count). The molecular weight excluding hydrogens is 207 g/mol. The molecule has 2 heteroatoms. The molecule has 0 aliphatic rings. The predicted octanol–water partition coefficient (Wildman–Crippen LogP) is 2.52.